The highest BCUT2D eigenvalue weighted by Crippen LogP contribution is 2.17. The van der Waals surface area contributed by atoms with Crippen LogP contribution in [0.15, 0.2) is 18.2 Å². The first kappa shape index (κ1) is 13.4. The predicted molar refractivity (Wildman–Crippen MR) is 65.8 cm³/mol. The van der Waals surface area contributed by atoms with Crippen LogP contribution in [-0.4, -0.2) is 41.9 Å². The van der Waals surface area contributed by atoms with Crippen molar-refractivity contribution in [3.8, 4) is 0 Å². The lowest BCUT2D eigenvalue weighted by molar-refractivity contribution is 0.00499. The SMILES string of the molecule is O=C(c1ccc(F)cc1F)N1CCOCC1CBr. The molecule has 3 nitrogen and oxygen atoms in total. The van der Waals surface area contributed by atoms with Gasteiger partial charge in [-0.15, -0.1) is 0 Å². The molecule has 6 heteroatoms. The fourth-order valence-electron chi connectivity index (χ4n) is 1.87. The summed E-state index contributed by atoms with van der Waals surface area (Å²) in [5.74, 6) is -1.96. The zero-order valence-electron chi connectivity index (χ0n) is 9.54. The van der Waals surface area contributed by atoms with Gasteiger partial charge in [0.2, 0.25) is 0 Å². The van der Waals surface area contributed by atoms with E-state index in [0.717, 1.165) is 12.1 Å². The van der Waals surface area contributed by atoms with E-state index in [1.54, 1.807) is 4.90 Å². The van der Waals surface area contributed by atoms with Gasteiger partial charge >= 0.3 is 0 Å². The van der Waals surface area contributed by atoms with E-state index in [1.807, 2.05) is 0 Å². The van der Waals surface area contributed by atoms with Crippen molar-refractivity contribution in [2.24, 2.45) is 0 Å². The third kappa shape index (κ3) is 2.70. The van der Waals surface area contributed by atoms with Crippen LogP contribution in [-0.2, 0) is 4.74 Å². The smallest absolute Gasteiger partial charge is 0.257 e. The van der Waals surface area contributed by atoms with Crippen LogP contribution in [0.2, 0.25) is 0 Å². The van der Waals surface area contributed by atoms with Crippen LogP contribution >= 0.6 is 15.9 Å². The van der Waals surface area contributed by atoms with E-state index in [4.69, 9.17) is 4.74 Å². The Labute approximate surface area is 112 Å². The summed E-state index contributed by atoms with van der Waals surface area (Å²) >= 11 is 3.29. The molecule has 0 bridgehead atoms. The average Bonchev–Trinajstić information content (AvgIpc) is 2.38. The number of carbonyl (C=O) groups excluding carboxylic acids is 1. The van der Waals surface area contributed by atoms with E-state index in [2.05, 4.69) is 15.9 Å². The normalized spacial score (nSPS) is 19.9. The minimum Gasteiger partial charge on any atom is -0.377 e. The Balaban J connectivity index is 2.24. The molecule has 0 spiro atoms. The van der Waals surface area contributed by atoms with Crippen molar-refractivity contribution in [2.75, 3.05) is 25.1 Å². The summed E-state index contributed by atoms with van der Waals surface area (Å²) in [7, 11) is 0. The first-order chi connectivity index (χ1) is 8.63. The van der Waals surface area contributed by atoms with E-state index in [0.29, 0.717) is 25.1 Å². The third-order valence-corrected chi connectivity index (χ3v) is 3.58. The molecule has 1 atom stereocenters. The Morgan fingerprint density at radius 3 is 2.94 bits per heavy atom. The van der Waals surface area contributed by atoms with Crippen LogP contribution in [0.5, 0.6) is 0 Å². The van der Waals surface area contributed by atoms with Gasteiger partial charge in [0.05, 0.1) is 24.8 Å². The van der Waals surface area contributed by atoms with Crippen molar-refractivity contribution in [3.05, 3.63) is 35.4 Å². The zero-order valence-corrected chi connectivity index (χ0v) is 11.1. The number of morpholine rings is 1. The number of ether oxygens (including phenoxy) is 1. The van der Waals surface area contributed by atoms with Crippen molar-refractivity contribution < 1.29 is 18.3 Å². The molecule has 1 fully saturated rings. The molecule has 0 aliphatic carbocycles. The van der Waals surface area contributed by atoms with Gasteiger partial charge in [0.1, 0.15) is 11.6 Å². The molecule has 1 unspecified atom stereocenters. The van der Waals surface area contributed by atoms with Gasteiger partial charge in [0.25, 0.3) is 5.91 Å². The predicted octanol–water partition coefficient (Wildman–Crippen LogP) is 2.20. The summed E-state index contributed by atoms with van der Waals surface area (Å²) in [6, 6.07) is 2.85. The standard InChI is InChI=1S/C12H12BrF2NO2/c13-6-9-7-18-4-3-16(9)12(17)10-2-1-8(14)5-11(10)15/h1-2,5,9H,3-4,6-7H2. The molecule has 0 radical (unpaired) electrons. The number of benzene rings is 1. The molecule has 0 aromatic heterocycles. The fraction of sp³-hybridized carbons (Fsp3) is 0.417. The molecule has 0 N–H and O–H groups in total. The molecule has 1 aliphatic heterocycles. The van der Waals surface area contributed by atoms with Crippen molar-refractivity contribution in [1.29, 1.82) is 0 Å². The summed E-state index contributed by atoms with van der Waals surface area (Å²) in [4.78, 5) is 13.7. The second kappa shape index (κ2) is 5.75. The average molecular weight is 320 g/mol. The molecular weight excluding hydrogens is 308 g/mol. The number of hydrogen-bond acceptors (Lipinski definition) is 2. The lowest BCUT2D eigenvalue weighted by Gasteiger charge is -2.34. The molecule has 1 heterocycles. The first-order valence-corrected chi connectivity index (χ1v) is 6.65. The minimum atomic E-state index is -0.834. The summed E-state index contributed by atoms with van der Waals surface area (Å²) in [6.07, 6.45) is 0. The Kier molecular flexibility index (Phi) is 4.29. The number of alkyl halides is 1. The van der Waals surface area contributed by atoms with Gasteiger partial charge in [-0.05, 0) is 12.1 Å². The third-order valence-electron chi connectivity index (χ3n) is 2.83. The maximum absolute atomic E-state index is 13.6. The lowest BCUT2D eigenvalue weighted by Crippen LogP contribution is -2.49. The molecule has 98 valence electrons. The van der Waals surface area contributed by atoms with E-state index >= 15 is 0 Å². The zero-order chi connectivity index (χ0) is 13.1. The topological polar surface area (TPSA) is 29.5 Å². The van der Waals surface area contributed by atoms with Crippen LogP contribution in [0.25, 0.3) is 0 Å². The summed E-state index contributed by atoms with van der Waals surface area (Å²) in [5.41, 5.74) is -0.107. The fourth-order valence-corrected chi connectivity index (χ4v) is 2.40. The molecule has 1 aromatic carbocycles. The van der Waals surface area contributed by atoms with E-state index in [-0.39, 0.29) is 11.6 Å². The summed E-state index contributed by atoms with van der Waals surface area (Å²) in [5, 5.41) is 0.557. The van der Waals surface area contributed by atoms with Crippen LogP contribution in [0.1, 0.15) is 10.4 Å². The van der Waals surface area contributed by atoms with Crippen molar-refractivity contribution in [1.82, 2.24) is 4.90 Å². The monoisotopic (exact) mass is 319 g/mol. The number of amides is 1. The second-order valence-electron chi connectivity index (χ2n) is 4.01. The van der Waals surface area contributed by atoms with Crippen LogP contribution in [0.3, 0.4) is 0 Å². The molecule has 2 rings (SSSR count). The number of rotatable bonds is 2. The molecule has 1 aliphatic rings. The maximum Gasteiger partial charge on any atom is 0.257 e. The van der Waals surface area contributed by atoms with Crippen LogP contribution in [0.4, 0.5) is 8.78 Å². The number of hydrogen-bond donors (Lipinski definition) is 0. The van der Waals surface area contributed by atoms with Crippen LogP contribution < -0.4 is 0 Å². The van der Waals surface area contributed by atoms with Gasteiger partial charge in [-0.3, -0.25) is 4.79 Å². The highest BCUT2D eigenvalue weighted by Gasteiger charge is 2.28. The van der Waals surface area contributed by atoms with Gasteiger partial charge in [-0.25, -0.2) is 8.78 Å². The highest BCUT2D eigenvalue weighted by molar-refractivity contribution is 9.09. The molecule has 0 saturated carbocycles. The second-order valence-corrected chi connectivity index (χ2v) is 4.65. The number of halogens is 3. The van der Waals surface area contributed by atoms with Crippen molar-refractivity contribution in [3.63, 3.8) is 0 Å². The lowest BCUT2D eigenvalue weighted by atomic mass is 10.1. The maximum atomic E-state index is 13.6. The molecule has 1 saturated heterocycles. The summed E-state index contributed by atoms with van der Waals surface area (Å²) in [6.45, 7) is 1.25. The molecule has 1 amide bonds. The van der Waals surface area contributed by atoms with Crippen molar-refractivity contribution in [2.45, 2.75) is 6.04 Å². The Morgan fingerprint density at radius 2 is 2.28 bits per heavy atom. The first-order valence-electron chi connectivity index (χ1n) is 5.53. The van der Waals surface area contributed by atoms with Gasteiger partial charge in [0.15, 0.2) is 0 Å². The summed E-state index contributed by atoms with van der Waals surface area (Å²) < 4.78 is 31.6. The van der Waals surface area contributed by atoms with E-state index in [9.17, 15) is 13.6 Å². The van der Waals surface area contributed by atoms with Gasteiger partial charge in [-0.1, -0.05) is 15.9 Å². The number of carbonyl (C=O) groups is 1. The Hall–Kier alpha value is -1.01. The van der Waals surface area contributed by atoms with Gasteiger partial charge < -0.3 is 9.64 Å². The van der Waals surface area contributed by atoms with E-state index < -0.39 is 17.5 Å². The minimum absolute atomic E-state index is 0.107. The Morgan fingerprint density at radius 1 is 1.50 bits per heavy atom. The van der Waals surface area contributed by atoms with Gasteiger partial charge in [-0.2, -0.15) is 0 Å². The number of nitrogens with zero attached hydrogens (tertiary/aromatic N) is 1. The largest absolute Gasteiger partial charge is 0.377 e. The highest BCUT2D eigenvalue weighted by atomic mass is 79.9. The molecule has 18 heavy (non-hydrogen) atoms. The van der Waals surface area contributed by atoms with Gasteiger partial charge in [0, 0.05) is 17.9 Å². The Bertz CT molecular complexity index is 456. The van der Waals surface area contributed by atoms with E-state index in [1.165, 1.54) is 6.07 Å². The quantitative estimate of drug-likeness (QED) is 0.782. The molecule has 1 aromatic rings. The molecular formula is C12H12BrF2NO2. The van der Waals surface area contributed by atoms with Crippen LogP contribution in [0, 0.1) is 11.6 Å². The van der Waals surface area contributed by atoms with Crippen molar-refractivity contribution >= 4 is 21.8 Å².